The molecule has 0 bridgehead atoms. The highest BCUT2D eigenvalue weighted by molar-refractivity contribution is 6.74. The average Bonchev–Trinajstić information content (AvgIpc) is 3.10. The van der Waals surface area contributed by atoms with Crippen molar-refractivity contribution in [1.82, 2.24) is 0 Å². The number of fused-ring (bicyclic) bond motifs is 1. The number of allylic oxidation sites excluding steroid dienone is 3. The zero-order chi connectivity index (χ0) is 28.9. The summed E-state index contributed by atoms with van der Waals surface area (Å²) in [6.07, 6.45) is 12.4. The maximum atomic E-state index is 12.4. The molecule has 3 nitrogen and oxygen atoms in total. The molecule has 0 amide bonds. The van der Waals surface area contributed by atoms with Crippen LogP contribution in [0.15, 0.2) is 35.5 Å². The Morgan fingerprint density at radius 3 is 2.11 bits per heavy atom. The first-order valence-electron chi connectivity index (χ1n) is 15.1. The van der Waals surface area contributed by atoms with Crippen molar-refractivity contribution < 1.29 is 13.6 Å². The minimum atomic E-state index is -1.97. The Labute approximate surface area is 237 Å². The van der Waals surface area contributed by atoms with Crippen LogP contribution in [0.3, 0.4) is 0 Å². The van der Waals surface area contributed by atoms with Gasteiger partial charge in [-0.25, -0.2) is 0 Å². The van der Waals surface area contributed by atoms with Gasteiger partial charge in [0.1, 0.15) is 5.78 Å². The van der Waals surface area contributed by atoms with E-state index in [1.54, 1.807) is 6.92 Å². The number of Topliss-reactive ketones (excluding diaryl/α,β-unsaturated/α-hetero) is 1. The third-order valence-corrected chi connectivity index (χ3v) is 20.2. The molecule has 0 aromatic heterocycles. The van der Waals surface area contributed by atoms with Crippen molar-refractivity contribution in [1.29, 1.82) is 0 Å². The summed E-state index contributed by atoms with van der Waals surface area (Å²) in [7, 11) is -3.89. The zero-order valence-corrected chi connectivity index (χ0v) is 28.8. The summed E-state index contributed by atoms with van der Waals surface area (Å²) in [6, 6.07) is 0. The fourth-order valence-electron chi connectivity index (χ4n) is 6.67. The number of hydrogen-bond donors (Lipinski definition) is 0. The molecule has 216 valence electrons. The third kappa shape index (κ3) is 6.42. The van der Waals surface area contributed by atoms with Gasteiger partial charge >= 0.3 is 0 Å². The van der Waals surface area contributed by atoms with Gasteiger partial charge in [-0.3, -0.25) is 4.79 Å². The second-order valence-corrected chi connectivity index (χ2v) is 25.4. The topological polar surface area (TPSA) is 35.5 Å². The normalized spacial score (nSPS) is 33.6. The van der Waals surface area contributed by atoms with Crippen molar-refractivity contribution >= 4 is 22.4 Å². The van der Waals surface area contributed by atoms with E-state index in [0.29, 0.717) is 11.7 Å². The predicted octanol–water partition coefficient (Wildman–Crippen LogP) is 9.78. The molecule has 3 fully saturated rings. The summed E-state index contributed by atoms with van der Waals surface area (Å²) < 4.78 is 14.0. The fourth-order valence-corrected chi connectivity index (χ4v) is 9.34. The van der Waals surface area contributed by atoms with Gasteiger partial charge in [0.15, 0.2) is 16.6 Å². The lowest BCUT2D eigenvalue weighted by Gasteiger charge is -2.45. The van der Waals surface area contributed by atoms with Crippen LogP contribution in [0.5, 0.6) is 0 Å². The Hall–Kier alpha value is -0.756. The molecule has 0 aromatic rings. The van der Waals surface area contributed by atoms with Crippen LogP contribution in [0.25, 0.3) is 0 Å². The molecule has 0 saturated heterocycles. The molecule has 5 atom stereocenters. The van der Waals surface area contributed by atoms with Crippen LogP contribution in [-0.4, -0.2) is 34.6 Å². The highest BCUT2D eigenvalue weighted by atomic mass is 28.4. The SMILES string of the molecule is C=C1C(=CC=C2CCC[C@]3(C)[C@@H](C(C)=O)CC[C@@H]23)C[C@@H](O[Si](C)(C)C(C)(C)C)C[C@@H]1O[Si](C)(C)C(C)(C)C. The average molecular weight is 559 g/mol. The van der Waals surface area contributed by atoms with Gasteiger partial charge in [0.2, 0.25) is 0 Å². The first-order chi connectivity index (χ1) is 17.2. The molecule has 0 spiro atoms. The Morgan fingerprint density at radius 2 is 1.55 bits per heavy atom. The van der Waals surface area contributed by atoms with E-state index in [0.717, 1.165) is 37.7 Å². The predicted molar refractivity (Wildman–Crippen MR) is 168 cm³/mol. The van der Waals surface area contributed by atoms with Crippen molar-refractivity contribution in [2.75, 3.05) is 0 Å². The second-order valence-electron chi connectivity index (χ2n) is 15.9. The van der Waals surface area contributed by atoms with Gasteiger partial charge in [-0.15, -0.1) is 0 Å². The molecule has 3 aliphatic carbocycles. The van der Waals surface area contributed by atoms with E-state index >= 15 is 0 Å². The Kier molecular flexibility index (Phi) is 9.12. The van der Waals surface area contributed by atoms with Crippen molar-refractivity contribution in [2.45, 2.75) is 149 Å². The lowest BCUT2D eigenvalue weighted by Crippen LogP contribution is -2.49. The zero-order valence-electron chi connectivity index (χ0n) is 26.8. The van der Waals surface area contributed by atoms with Crippen LogP contribution in [0.2, 0.25) is 36.3 Å². The number of hydrogen-bond acceptors (Lipinski definition) is 3. The maximum Gasteiger partial charge on any atom is 0.192 e. The molecule has 0 radical (unpaired) electrons. The monoisotopic (exact) mass is 558 g/mol. The smallest absolute Gasteiger partial charge is 0.192 e. The van der Waals surface area contributed by atoms with Gasteiger partial charge in [0, 0.05) is 12.3 Å². The van der Waals surface area contributed by atoms with E-state index in [4.69, 9.17) is 8.85 Å². The quantitative estimate of drug-likeness (QED) is 0.304. The van der Waals surface area contributed by atoms with Crippen LogP contribution < -0.4 is 0 Å². The molecule has 0 N–H and O–H groups in total. The molecule has 3 saturated carbocycles. The van der Waals surface area contributed by atoms with Crippen molar-refractivity contribution in [3.63, 3.8) is 0 Å². The van der Waals surface area contributed by atoms with Gasteiger partial charge in [0.05, 0.1) is 12.2 Å². The molecule has 0 heterocycles. The van der Waals surface area contributed by atoms with Gasteiger partial charge in [-0.1, -0.05) is 72.8 Å². The summed E-state index contributed by atoms with van der Waals surface area (Å²) in [4.78, 5) is 12.4. The van der Waals surface area contributed by atoms with Crippen LogP contribution in [0.4, 0.5) is 0 Å². The minimum absolute atomic E-state index is 0.00857. The van der Waals surface area contributed by atoms with E-state index in [1.807, 2.05) is 0 Å². The van der Waals surface area contributed by atoms with Crippen LogP contribution in [-0.2, 0) is 13.6 Å². The fraction of sp³-hybridized carbons (Fsp3) is 0.788. The molecule has 3 rings (SSSR count). The number of rotatable bonds is 6. The summed E-state index contributed by atoms with van der Waals surface area (Å²) >= 11 is 0. The molecular formula is C33H58O3Si2. The number of ketones is 1. The number of carbonyl (C=O) groups excluding carboxylic acids is 1. The van der Waals surface area contributed by atoms with E-state index in [1.165, 1.54) is 24.0 Å². The van der Waals surface area contributed by atoms with E-state index in [9.17, 15) is 4.79 Å². The molecule has 5 heteroatoms. The van der Waals surface area contributed by atoms with Crippen LogP contribution in [0.1, 0.15) is 100 Å². The van der Waals surface area contributed by atoms with Gasteiger partial charge < -0.3 is 8.85 Å². The lowest BCUT2D eigenvalue weighted by molar-refractivity contribution is -0.124. The van der Waals surface area contributed by atoms with Gasteiger partial charge in [0.25, 0.3) is 0 Å². The molecular weight excluding hydrogens is 501 g/mol. The molecule has 0 aromatic carbocycles. The largest absolute Gasteiger partial charge is 0.413 e. The van der Waals surface area contributed by atoms with Crippen LogP contribution >= 0.6 is 0 Å². The van der Waals surface area contributed by atoms with Crippen LogP contribution in [0, 0.1) is 17.3 Å². The Bertz CT molecular complexity index is 975. The van der Waals surface area contributed by atoms with E-state index in [-0.39, 0.29) is 33.6 Å². The molecule has 0 aliphatic heterocycles. The standard InChI is InChI=1S/C33H58O3Si2/c1-23-26(17-16-25-15-14-20-33(9)28(24(2)34)18-19-29(25)33)21-27(35-37(10,11)31(3,4)5)22-30(23)36-38(12,13)32(6,7)8/h16-17,27-30H,1,14-15,18-22H2,2-13H3/t27-,28-,29+,30+,33-/m1/s1. The molecule has 38 heavy (non-hydrogen) atoms. The highest BCUT2D eigenvalue weighted by Crippen LogP contribution is 2.57. The van der Waals surface area contributed by atoms with Gasteiger partial charge in [-0.2, -0.15) is 0 Å². The Balaban J connectivity index is 1.93. The van der Waals surface area contributed by atoms with E-state index in [2.05, 4.69) is 93.4 Å². The summed E-state index contributed by atoms with van der Waals surface area (Å²) in [5.74, 6) is 1.13. The Morgan fingerprint density at radius 1 is 0.974 bits per heavy atom. The second kappa shape index (κ2) is 10.9. The summed E-state index contributed by atoms with van der Waals surface area (Å²) in [5.41, 5.74) is 4.11. The lowest BCUT2D eigenvalue weighted by atomic mass is 9.63. The van der Waals surface area contributed by atoms with Crippen molar-refractivity contribution in [3.8, 4) is 0 Å². The van der Waals surface area contributed by atoms with Crippen molar-refractivity contribution in [2.24, 2.45) is 17.3 Å². The first kappa shape index (κ1) is 31.8. The third-order valence-electron chi connectivity index (χ3n) is 11.2. The molecule has 3 aliphatic rings. The maximum absolute atomic E-state index is 12.4. The minimum Gasteiger partial charge on any atom is -0.413 e. The van der Waals surface area contributed by atoms with E-state index < -0.39 is 16.6 Å². The van der Waals surface area contributed by atoms with Crippen molar-refractivity contribution in [3.05, 3.63) is 35.5 Å². The highest BCUT2D eigenvalue weighted by Gasteiger charge is 2.51. The number of carbonyl (C=O) groups is 1. The summed E-state index contributed by atoms with van der Waals surface area (Å²) in [5, 5.41) is 0.319. The first-order valence-corrected chi connectivity index (χ1v) is 21.0. The summed E-state index contributed by atoms with van der Waals surface area (Å²) in [6.45, 7) is 32.1. The molecule has 0 unspecified atom stereocenters. The van der Waals surface area contributed by atoms with Gasteiger partial charge in [-0.05, 0) is 104 Å².